The van der Waals surface area contributed by atoms with E-state index in [1.807, 2.05) is 0 Å². The Bertz CT molecular complexity index is 740. The summed E-state index contributed by atoms with van der Waals surface area (Å²) in [4.78, 5) is 30.0. The lowest BCUT2D eigenvalue weighted by Gasteiger charge is -2.61. The molecule has 1 saturated heterocycles. The summed E-state index contributed by atoms with van der Waals surface area (Å²) in [6.07, 6.45) is 10.1. The maximum Gasteiger partial charge on any atom is 0.207 e. The fourth-order valence-electron chi connectivity index (χ4n) is 8.14. The highest BCUT2D eigenvalue weighted by atomic mass is 35.5. The van der Waals surface area contributed by atoms with E-state index in [4.69, 9.17) is 4.84 Å². The van der Waals surface area contributed by atoms with Gasteiger partial charge in [-0.3, -0.25) is 9.59 Å². The Balaban J connectivity index is 0.00000231. The van der Waals surface area contributed by atoms with Crippen molar-refractivity contribution in [1.82, 2.24) is 10.6 Å². The average molecular weight is 452 g/mol. The molecule has 5 aliphatic rings. The van der Waals surface area contributed by atoms with Gasteiger partial charge < -0.3 is 15.5 Å². The molecule has 1 heterocycles. The van der Waals surface area contributed by atoms with Crippen molar-refractivity contribution in [2.75, 3.05) is 13.1 Å². The lowest BCUT2D eigenvalue weighted by Crippen LogP contribution is -2.60. The van der Waals surface area contributed by atoms with Crippen LogP contribution in [-0.2, 0) is 14.4 Å². The van der Waals surface area contributed by atoms with Gasteiger partial charge in [0, 0.05) is 30.8 Å². The van der Waals surface area contributed by atoms with E-state index in [2.05, 4.69) is 29.6 Å². The first-order valence-corrected chi connectivity index (χ1v) is 12.1. The summed E-state index contributed by atoms with van der Waals surface area (Å²) >= 11 is 0. The van der Waals surface area contributed by atoms with E-state index < -0.39 is 0 Å². The van der Waals surface area contributed by atoms with E-state index >= 15 is 0 Å². The smallest absolute Gasteiger partial charge is 0.207 e. The third-order valence-corrected chi connectivity index (χ3v) is 9.89. The van der Waals surface area contributed by atoms with Crippen LogP contribution in [-0.4, -0.2) is 43.1 Å². The van der Waals surface area contributed by atoms with Gasteiger partial charge in [0.2, 0.25) is 6.41 Å². The van der Waals surface area contributed by atoms with Gasteiger partial charge in [-0.25, -0.2) is 0 Å². The van der Waals surface area contributed by atoms with E-state index in [-0.39, 0.29) is 35.4 Å². The Kier molecular flexibility index (Phi) is 6.43. The van der Waals surface area contributed by atoms with Gasteiger partial charge in [0.25, 0.3) is 0 Å². The van der Waals surface area contributed by atoms with Crippen molar-refractivity contribution in [1.29, 1.82) is 0 Å². The predicted octanol–water partition coefficient (Wildman–Crippen LogP) is 3.48. The summed E-state index contributed by atoms with van der Waals surface area (Å²) in [5.41, 5.74) is 1.24. The highest BCUT2D eigenvalue weighted by molar-refractivity contribution is 5.87. The minimum absolute atomic E-state index is 0. The van der Waals surface area contributed by atoms with E-state index in [0.717, 1.165) is 83.0 Å². The van der Waals surface area contributed by atoms with Crippen molar-refractivity contribution in [2.24, 2.45) is 39.7 Å². The molecule has 4 saturated carbocycles. The quantitative estimate of drug-likeness (QED) is 0.506. The molecular weight excluding hydrogens is 414 g/mol. The molecular formula is C24H38ClN3O3. The Hall–Kier alpha value is -1.14. The van der Waals surface area contributed by atoms with Crippen molar-refractivity contribution >= 4 is 30.3 Å². The minimum Gasteiger partial charge on any atom is -0.391 e. The number of carbonyl (C=O) groups is 2. The SMILES string of the molecule is C[C@]12CC/C(=N\O[C@@H]3CCNC3)CC1[C@@H](NC=O)C[C@@H]1[C@@H]2CC[C@]2(C)C(=O)CC[C@@H]12.Cl. The molecule has 6 nitrogen and oxygen atoms in total. The van der Waals surface area contributed by atoms with Gasteiger partial charge in [-0.1, -0.05) is 19.0 Å². The average Bonchev–Trinajstić information content (AvgIpc) is 3.35. The molecule has 8 atom stereocenters. The number of Topliss-reactive ketones (excluding diaryl/α,β-unsaturated/α-hetero) is 1. The summed E-state index contributed by atoms with van der Waals surface area (Å²) in [5, 5.41) is 11.1. The van der Waals surface area contributed by atoms with Crippen LogP contribution in [0.3, 0.4) is 0 Å². The fourth-order valence-corrected chi connectivity index (χ4v) is 8.14. The molecule has 0 spiro atoms. The molecule has 2 N–H and O–H groups in total. The number of nitrogens with one attached hydrogen (secondary N) is 2. The molecule has 5 fully saturated rings. The Labute approximate surface area is 192 Å². The maximum absolute atomic E-state index is 12.7. The number of oxime groups is 1. The zero-order valence-corrected chi connectivity index (χ0v) is 19.7. The van der Waals surface area contributed by atoms with Gasteiger partial charge in [0.05, 0.1) is 5.71 Å². The number of hydrogen-bond donors (Lipinski definition) is 2. The number of halogens is 1. The summed E-state index contributed by atoms with van der Waals surface area (Å²) in [6, 6.07) is 0.172. The first-order valence-electron chi connectivity index (χ1n) is 12.1. The second kappa shape index (κ2) is 8.66. The molecule has 1 unspecified atom stereocenters. The molecule has 4 aliphatic carbocycles. The van der Waals surface area contributed by atoms with Crippen molar-refractivity contribution in [3.8, 4) is 0 Å². The molecule has 1 aliphatic heterocycles. The van der Waals surface area contributed by atoms with E-state index in [1.54, 1.807) is 0 Å². The second-order valence-corrected chi connectivity index (χ2v) is 11.1. The lowest BCUT2D eigenvalue weighted by molar-refractivity contribution is -0.140. The normalized spacial score (nSPS) is 47.7. The second-order valence-electron chi connectivity index (χ2n) is 11.1. The lowest BCUT2D eigenvalue weighted by atomic mass is 9.44. The zero-order chi connectivity index (χ0) is 20.9. The standard InChI is InChI=1S/C24H37N3O3.ClH/c1-23-8-5-15(27-30-16-7-10-25-13-16)11-20(23)21(26-14-28)12-17-18-3-4-22(29)24(18,2)9-6-19(17)23;/h14,16-21,25H,3-13H2,1-2H3,(H,26,28);1H/b27-15+;/t16-,17+,18+,19+,20?,21+,23-,24+;/m1./s1. The summed E-state index contributed by atoms with van der Waals surface area (Å²) in [6.45, 7) is 6.58. The van der Waals surface area contributed by atoms with Crippen LogP contribution in [0.4, 0.5) is 0 Å². The number of hydrogen-bond acceptors (Lipinski definition) is 5. The van der Waals surface area contributed by atoms with E-state index in [9.17, 15) is 9.59 Å². The number of ketones is 1. The Morgan fingerprint density at radius 2 is 1.97 bits per heavy atom. The van der Waals surface area contributed by atoms with Gasteiger partial charge in [0.1, 0.15) is 11.9 Å². The monoisotopic (exact) mass is 451 g/mol. The number of fused-ring (bicyclic) bond motifs is 5. The summed E-state index contributed by atoms with van der Waals surface area (Å²) in [5.74, 6) is 2.58. The molecule has 0 aromatic heterocycles. The number of amides is 1. The molecule has 0 aromatic rings. The topological polar surface area (TPSA) is 79.8 Å². The number of nitrogens with zero attached hydrogens (tertiary/aromatic N) is 1. The van der Waals surface area contributed by atoms with E-state index in [1.165, 1.54) is 0 Å². The first kappa shape index (κ1) is 23.0. The van der Waals surface area contributed by atoms with Crippen LogP contribution >= 0.6 is 12.4 Å². The predicted molar refractivity (Wildman–Crippen MR) is 122 cm³/mol. The molecule has 174 valence electrons. The highest BCUT2D eigenvalue weighted by Crippen LogP contribution is 2.65. The zero-order valence-electron chi connectivity index (χ0n) is 18.9. The van der Waals surface area contributed by atoms with Crippen molar-refractivity contribution in [2.45, 2.75) is 83.8 Å². The van der Waals surface area contributed by atoms with Gasteiger partial charge in [-0.05, 0) is 80.6 Å². The van der Waals surface area contributed by atoms with Crippen molar-refractivity contribution in [3.05, 3.63) is 0 Å². The van der Waals surface area contributed by atoms with E-state index in [0.29, 0.717) is 29.5 Å². The number of rotatable bonds is 4. The van der Waals surface area contributed by atoms with Crippen LogP contribution in [0.5, 0.6) is 0 Å². The highest BCUT2D eigenvalue weighted by Gasteiger charge is 2.62. The Morgan fingerprint density at radius 3 is 2.71 bits per heavy atom. The van der Waals surface area contributed by atoms with Crippen LogP contribution in [0.25, 0.3) is 0 Å². The molecule has 0 radical (unpaired) electrons. The van der Waals surface area contributed by atoms with Gasteiger partial charge in [-0.2, -0.15) is 0 Å². The molecule has 0 bridgehead atoms. The minimum atomic E-state index is -0.124. The van der Waals surface area contributed by atoms with Crippen LogP contribution in [0.2, 0.25) is 0 Å². The third kappa shape index (κ3) is 3.72. The number of carbonyl (C=O) groups excluding carboxylic acids is 2. The Morgan fingerprint density at radius 1 is 1.13 bits per heavy atom. The van der Waals surface area contributed by atoms with Crippen LogP contribution < -0.4 is 10.6 Å². The fraction of sp³-hybridized carbons (Fsp3) is 0.875. The summed E-state index contributed by atoms with van der Waals surface area (Å²) < 4.78 is 0. The molecule has 0 aromatic carbocycles. The largest absolute Gasteiger partial charge is 0.391 e. The van der Waals surface area contributed by atoms with Gasteiger partial charge in [0.15, 0.2) is 0 Å². The summed E-state index contributed by atoms with van der Waals surface area (Å²) in [7, 11) is 0. The van der Waals surface area contributed by atoms with Crippen LogP contribution in [0.1, 0.15) is 71.6 Å². The van der Waals surface area contributed by atoms with Crippen molar-refractivity contribution < 1.29 is 14.4 Å². The van der Waals surface area contributed by atoms with Gasteiger partial charge >= 0.3 is 0 Å². The van der Waals surface area contributed by atoms with Gasteiger partial charge in [-0.15, -0.1) is 12.4 Å². The first-order chi connectivity index (χ1) is 14.5. The van der Waals surface area contributed by atoms with Crippen LogP contribution in [0.15, 0.2) is 5.16 Å². The molecule has 5 rings (SSSR count). The van der Waals surface area contributed by atoms with Crippen LogP contribution in [0, 0.1) is 34.5 Å². The molecule has 31 heavy (non-hydrogen) atoms. The molecule has 7 heteroatoms. The van der Waals surface area contributed by atoms with Crippen molar-refractivity contribution in [3.63, 3.8) is 0 Å². The molecule has 1 amide bonds. The third-order valence-electron chi connectivity index (χ3n) is 9.89. The maximum atomic E-state index is 12.7.